The van der Waals surface area contributed by atoms with Crippen LogP contribution in [0.25, 0.3) is 10.1 Å². The van der Waals surface area contributed by atoms with Crippen LogP contribution < -0.4 is 5.73 Å². The van der Waals surface area contributed by atoms with Gasteiger partial charge in [0.15, 0.2) is 0 Å². The van der Waals surface area contributed by atoms with E-state index < -0.39 is 0 Å². The number of thiophene rings is 1. The zero-order chi connectivity index (χ0) is 10.3. The fourth-order valence-electron chi connectivity index (χ4n) is 1.45. The number of rotatable bonds is 0. The maximum Gasteiger partial charge on any atom is 0.0402 e. The van der Waals surface area contributed by atoms with E-state index in [4.69, 9.17) is 5.73 Å². The van der Waals surface area contributed by atoms with E-state index in [9.17, 15) is 0 Å². The summed E-state index contributed by atoms with van der Waals surface area (Å²) in [6.45, 7) is 6.69. The Bertz CT molecular complexity index is 463. The number of nitrogens with two attached hydrogens (primary N) is 1. The van der Waals surface area contributed by atoms with Gasteiger partial charge in [-0.25, -0.2) is 0 Å². The van der Waals surface area contributed by atoms with Gasteiger partial charge in [-0.1, -0.05) is 26.8 Å². The topological polar surface area (TPSA) is 26.0 Å². The minimum absolute atomic E-state index is 0.218. The third-order valence-electron chi connectivity index (χ3n) is 2.33. The molecule has 0 aliphatic carbocycles. The van der Waals surface area contributed by atoms with Gasteiger partial charge in [-0.05, 0) is 23.6 Å². The third-order valence-corrected chi connectivity index (χ3v) is 3.86. The number of hydrogen-bond acceptors (Lipinski definition) is 2. The van der Waals surface area contributed by atoms with Crippen molar-refractivity contribution in [3.8, 4) is 0 Å². The van der Waals surface area contributed by atoms with Gasteiger partial charge in [0.1, 0.15) is 0 Å². The molecule has 1 heterocycles. The number of nitrogen functional groups attached to an aromatic ring is 1. The quantitative estimate of drug-likeness (QED) is 0.651. The lowest BCUT2D eigenvalue weighted by molar-refractivity contribution is 0.604. The van der Waals surface area contributed by atoms with Crippen molar-refractivity contribution < 1.29 is 0 Å². The van der Waals surface area contributed by atoms with Gasteiger partial charge < -0.3 is 5.73 Å². The summed E-state index contributed by atoms with van der Waals surface area (Å²) >= 11 is 1.84. The van der Waals surface area contributed by atoms with Gasteiger partial charge >= 0.3 is 0 Å². The molecule has 0 saturated carbocycles. The Balaban J connectivity index is 2.69. The summed E-state index contributed by atoms with van der Waals surface area (Å²) in [5.41, 5.74) is 7.02. The summed E-state index contributed by atoms with van der Waals surface area (Å²) < 4.78 is 1.29. The molecule has 0 radical (unpaired) electrons. The molecule has 0 spiro atoms. The first-order chi connectivity index (χ1) is 6.48. The highest BCUT2D eigenvalue weighted by Gasteiger charge is 2.17. The van der Waals surface area contributed by atoms with Crippen LogP contribution in [0.5, 0.6) is 0 Å². The van der Waals surface area contributed by atoms with E-state index in [0.29, 0.717) is 0 Å². The van der Waals surface area contributed by atoms with E-state index in [1.807, 2.05) is 23.5 Å². The Hall–Kier alpha value is -1.02. The molecule has 2 N–H and O–H groups in total. The van der Waals surface area contributed by atoms with Crippen LogP contribution in [0.4, 0.5) is 5.69 Å². The van der Waals surface area contributed by atoms with Gasteiger partial charge in [-0.15, -0.1) is 11.3 Å². The van der Waals surface area contributed by atoms with E-state index >= 15 is 0 Å². The van der Waals surface area contributed by atoms with Crippen molar-refractivity contribution in [2.24, 2.45) is 0 Å². The van der Waals surface area contributed by atoms with Crippen molar-refractivity contribution in [1.29, 1.82) is 0 Å². The SMILES string of the molecule is CC(C)(C)c1cc2c(N)cccc2s1. The van der Waals surface area contributed by atoms with Crippen LogP contribution in [0.2, 0.25) is 0 Å². The first-order valence-corrected chi connectivity index (χ1v) is 5.58. The Morgan fingerprint density at radius 3 is 2.50 bits per heavy atom. The highest BCUT2D eigenvalue weighted by molar-refractivity contribution is 7.19. The minimum atomic E-state index is 0.218. The maximum atomic E-state index is 5.92. The molecule has 0 bridgehead atoms. The van der Waals surface area contributed by atoms with Crippen molar-refractivity contribution in [3.05, 3.63) is 29.1 Å². The lowest BCUT2D eigenvalue weighted by Gasteiger charge is -2.14. The molecule has 1 aromatic heterocycles. The Kier molecular flexibility index (Phi) is 2.04. The Morgan fingerprint density at radius 1 is 1.21 bits per heavy atom. The van der Waals surface area contributed by atoms with Crippen LogP contribution in [0.1, 0.15) is 25.6 Å². The first kappa shape index (κ1) is 9.53. The smallest absolute Gasteiger partial charge is 0.0402 e. The van der Waals surface area contributed by atoms with Crippen molar-refractivity contribution in [3.63, 3.8) is 0 Å². The molecule has 1 nitrogen and oxygen atoms in total. The molecule has 1 aromatic carbocycles. The van der Waals surface area contributed by atoms with E-state index in [0.717, 1.165) is 5.69 Å². The van der Waals surface area contributed by atoms with Crippen molar-refractivity contribution in [2.75, 3.05) is 5.73 Å². The predicted octanol–water partition coefficient (Wildman–Crippen LogP) is 3.78. The summed E-state index contributed by atoms with van der Waals surface area (Å²) in [7, 11) is 0. The van der Waals surface area contributed by atoms with E-state index in [-0.39, 0.29) is 5.41 Å². The number of fused-ring (bicyclic) bond motifs is 1. The molecule has 2 rings (SSSR count). The molecule has 14 heavy (non-hydrogen) atoms. The predicted molar refractivity (Wildman–Crippen MR) is 64.9 cm³/mol. The molecular formula is C12H15NS. The number of benzene rings is 1. The van der Waals surface area contributed by atoms with Crippen molar-refractivity contribution >= 4 is 27.1 Å². The maximum absolute atomic E-state index is 5.92. The zero-order valence-corrected chi connectivity index (χ0v) is 9.61. The minimum Gasteiger partial charge on any atom is -0.398 e. The van der Waals surface area contributed by atoms with Crippen LogP contribution in [-0.4, -0.2) is 0 Å². The summed E-state index contributed by atoms with van der Waals surface area (Å²) in [5.74, 6) is 0. The van der Waals surface area contributed by atoms with Gasteiger partial charge in [0.2, 0.25) is 0 Å². The molecule has 0 unspecified atom stereocenters. The fraction of sp³-hybridized carbons (Fsp3) is 0.333. The normalized spacial score (nSPS) is 12.2. The van der Waals surface area contributed by atoms with Gasteiger partial charge in [0.25, 0.3) is 0 Å². The van der Waals surface area contributed by atoms with Crippen LogP contribution in [0.3, 0.4) is 0 Å². The van der Waals surface area contributed by atoms with Gasteiger partial charge in [-0.3, -0.25) is 0 Å². The number of anilines is 1. The molecule has 74 valence electrons. The van der Waals surface area contributed by atoms with E-state index in [1.165, 1.54) is 15.0 Å². The second-order valence-corrected chi connectivity index (χ2v) is 5.70. The van der Waals surface area contributed by atoms with E-state index in [1.54, 1.807) is 0 Å². The second-order valence-electron chi connectivity index (χ2n) is 4.62. The monoisotopic (exact) mass is 205 g/mol. The second kappa shape index (κ2) is 2.99. The Morgan fingerprint density at radius 2 is 1.93 bits per heavy atom. The van der Waals surface area contributed by atoms with Crippen LogP contribution in [0, 0.1) is 0 Å². The standard InChI is InChI=1S/C12H15NS/c1-12(2,3)11-7-8-9(13)5-4-6-10(8)14-11/h4-7H,13H2,1-3H3. The Labute approximate surface area is 88.6 Å². The zero-order valence-electron chi connectivity index (χ0n) is 8.79. The summed E-state index contributed by atoms with van der Waals surface area (Å²) in [6.07, 6.45) is 0. The molecule has 0 amide bonds. The molecule has 2 heteroatoms. The first-order valence-electron chi connectivity index (χ1n) is 4.77. The molecule has 0 saturated heterocycles. The average Bonchev–Trinajstić information content (AvgIpc) is 2.48. The lowest BCUT2D eigenvalue weighted by atomic mass is 9.94. The molecule has 2 aromatic rings. The fourth-order valence-corrected chi connectivity index (χ4v) is 2.61. The highest BCUT2D eigenvalue weighted by Crippen LogP contribution is 2.36. The van der Waals surface area contributed by atoms with Gasteiger partial charge in [0.05, 0.1) is 0 Å². The third kappa shape index (κ3) is 1.50. The molecule has 0 aliphatic heterocycles. The van der Waals surface area contributed by atoms with Gasteiger partial charge in [-0.2, -0.15) is 0 Å². The van der Waals surface area contributed by atoms with E-state index in [2.05, 4.69) is 32.9 Å². The average molecular weight is 205 g/mol. The van der Waals surface area contributed by atoms with Crippen LogP contribution in [-0.2, 0) is 5.41 Å². The molecule has 0 fully saturated rings. The summed E-state index contributed by atoms with van der Waals surface area (Å²) in [6, 6.07) is 8.32. The van der Waals surface area contributed by atoms with Crippen molar-refractivity contribution in [1.82, 2.24) is 0 Å². The number of hydrogen-bond donors (Lipinski definition) is 1. The van der Waals surface area contributed by atoms with Crippen LogP contribution >= 0.6 is 11.3 Å². The van der Waals surface area contributed by atoms with Crippen molar-refractivity contribution in [2.45, 2.75) is 26.2 Å². The molecular weight excluding hydrogens is 190 g/mol. The molecule has 0 aliphatic rings. The molecule has 0 atom stereocenters. The summed E-state index contributed by atoms with van der Waals surface area (Å²) in [5, 5.41) is 1.20. The largest absolute Gasteiger partial charge is 0.398 e. The summed E-state index contributed by atoms with van der Waals surface area (Å²) in [4.78, 5) is 1.39. The van der Waals surface area contributed by atoms with Crippen LogP contribution in [0.15, 0.2) is 24.3 Å². The van der Waals surface area contributed by atoms with Gasteiger partial charge in [0, 0.05) is 20.7 Å². The highest BCUT2D eigenvalue weighted by atomic mass is 32.1. The lowest BCUT2D eigenvalue weighted by Crippen LogP contribution is -2.07.